The molecule has 0 saturated carbocycles. The first kappa shape index (κ1) is 8.27. The molecule has 1 rings (SSSR count). The van der Waals surface area contributed by atoms with Crippen molar-refractivity contribution in [2.24, 2.45) is 7.05 Å². The SMILES string of the molecule is Cc1c([N+](=O)[O-])cn(C)c1C#N. The Morgan fingerprint density at radius 1 is 1.75 bits per heavy atom. The molecule has 0 aliphatic rings. The molecule has 0 saturated heterocycles. The zero-order valence-corrected chi connectivity index (χ0v) is 6.74. The number of rotatable bonds is 1. The number of nitrogens with zero attached hydrogens (tertiary/aromatic N) is 3. The van der Waals surface area contributed by atoms with Crippen LogP contribution in [0, 0.1) is 28.4 Å². The van der Waals surface area contributed by atoms with E-state index in [0.29, 0.717) is 11.3 Å². The molecule has 0 amide bonds. The Bertz CT molecular complexity index is 373. The highest BCUT2D eigenvalue weighted by molar-refractivity contribution is 5.47. The van der Waals surface area contributed by atoms with Crippen LogP contribution in [0.5, 0.6) is 0 Å². The molecule has 0 spiro atoms. The summed E-state index contributed by atoms with van der Waals surface area (Å²) in [5.74, 6) is 0. The van der Waals surface area contributed by atoms with Crippen LogP contribution in [0.4, 0.5) is 5.69 Å². The van der Waals surface area contributed by atoms with E-state index >= 15 is 0 Å². The molecule has 0 aliphatic heterocycles. The third-order valence-corrected chi connectivity index (χ3v) is 1.71. The maximum atomic E-state index is 10.4. The van der Waals surface area contributed by atoms with Gasteiger partial charge in [-0.15, -0.1) is 0 Å². The minimum absolute atomic E-state index is 0.00551. The predicted octanol–water partition coefficient (Wildman–Crippen LogP) is 1.11. The molecule has 5 nitrogen and oxygen atoms in total. The largest absolute Gasteiger partial charge is 0.336 e. The molecule has 12 heavy (non-hydrogen) atoms. The first-order chi connectivity index (χ1) is 5.57. The topological polar surface area (TPSA) is 71.9 Å². The summed E-state index contributed by atoms with van der Waals surface area (Å²) in [5, 5.41) is 19.0. The van der Waals surface area contributed by atoms with Gasteiger partial charge in [-0.1, -0.05) is 0 Å². The van der Waals surface area contributed by atoms with Crippen molar-refractivity contribution in [3.05, 3.63) is 27.6 Å². The zero-order chi connectivity index (χ0) is 9.30. The van der Waals surface area contributed by atoms with Gasteiger partial charge in [-0.05, 0) is 6.92 Å². The van der Waals surface area contributed by atoms with Crippen LogP contribution < -0.4 is 0 Å². The number of aryl methyl sites for hydroxylation is 1. The fourth-order valence-corrected chi connectivity index (χ4v) is 1.08. The highest BCUT2D eigenvalue weighted by atomic mass is 16.6. The van der Waals surface area contributed by atoms with E-state index in [1.54, 1.807) is 14.0 Å². The summed E-state index contributed by atoms with van der Waals surface area (Å²) in [7, 11) is 1.61. The first-order valence-electron chi connectivity index (χ1n) is 3.28. The molecule has 0 fully saturated rings. The molecule has 0 N–H and O–H groups in total. The molecule has 0 unspecified atom stereocenters. The van der Waals surface area contributed by atoms with Crippen LogP contribution >= 0.6 is 0 Å². The molecular formula is C7H7N3O2. The maximum Gasteiger partial charge on any atom is 0.291 e. The zero-order valence-electron chi connectivity index (χ0n) is 6.74. The molecular weight excluding hydrogens is 158 g/mol. The van der Waals surface area contributed by atoms with Crippen LogP contribution in [-0.4, -0.2) is 9.49 Å². The highest BCUT2D eigenvalue weighted by Gasteiger charge is 2.18. The van der Waals surface area contributed by atoms with E-state index in [9.17, 15) is 10.1 Å². The summed E-state index contributed by atoms with van der Waals surface area (Å²) >= 11 is 0. The van der Waals surface area contributed by atoms with E-state index < -0.39 is 4.92 Å². The van der Waals surface area contributed by atoms with Crippen LogP contribution in [0.1, 0.15) is 11.3 Å². The van der Waals surface area contributed by atoms with Gasteiger partial charge >= 0.3 is 0 Å². The predicted molar refractivity (Wildman–Crippen MR) is 41.5 cm³/mol. The molecule has 62 valence electrons. The minimum Gasteiger partial charge on any atom is -0.336 e. The number of hydrogen-bond acceptors (Lipinski definition) is 3. The van der Waals surface area contributed by atoms with Gasteiger partial charge in [0.1, 0.15) is 11.8 Å². The lowest BCUT2D eigenvalue weighted by molar-refractivity contribution is -0.385. The Morgan fingerprint density at radius 2 is 2.33 bits per heavy atom. The van der Waals surface area contributed by atoms with Crippen LogP contribution in [0.2, 0.25) is 0 Å². The van der Waals surface area contributed by atoms with Crippen molar-refractivity contribution in [1.29, 1.82) is 5.26 Å². The normalized spacial score (nSPS) is 9.42. The average Bonchev–Trinajstić information content (AvgIpc) is 2.27. The molecule has 0 atom stereocenters. The second kappa shape index (κ2) is 2.66. The summed E-state index contributed by atoms with van der Waals surface area (Å²) in [6, 6.07) is 1.90. The lowest BCUT2D eigenvalue weighted by Gasteiger charge is -1.89. The van der Waals surface area contributed by atoms with Crippen LogP contribution in [0.25, 0.3) is 0 Å². The monoisotopic (exact) mass is 165 g/mol. The molecule has 1 aromatic rings. The smallest absolute Gasteiger partial charge is 0.291 e. The Kier molecular flexibility index (Phi) is 1.83. The van der Waals surface area contributed by atoms with Crippen molar-refractivity contribution in [2.45, 2.75) is 6.92 Å². The van der Waals surface area contributed by atoms with Crippen LogP contribution in [0.3, 0.4) is 0 Å². The summed E-state index contributed by atoms with van der Waals surface area (Å²) in [5.41, 5.74) is 0.751. The number of hydrogen-bond donors (Lipinski definition) is 0. The fraction of sp³-hybridized carbons (Fsp3) is 0.286. The van der Waals surface area contributed by atoms with E-state index in [0.717, 1.165) is 0 Å². The standard InChI is InChI=1S/C7H7N3O2/c1-5-6(3-8)9(2)4-7(5)10(11)12/h4H,1-2H3. The van der Waals surface area contributed by atoms with Gasteiger partial charge in [-0.3, -0.25) is 10.1 Å². The van der Waals surface area contributed by atoms with Gasteiger partial charge in [-0.25, -0.2) is 0 Å². The molecule has 1 aromatic heterocycles. The fourth-order valence-electron chi connectivity index (χ4n) is 1.08. The first-order valence-corrected chi connectivity index (χ1v) is 3.28. The van der Waals surface area contributed by atoms with E-state index in [1.807, 2.05) is 6.07 Å². The van der Waals surface area contributed by atoms with Gasteiger partial charge in [-0.2, -0.15) is 5.26 Å². The Hall–Kier alpha value is -1.83. The quantitative estimate of drug-likeness (QED) is 0.462. The van der Waals surface area contributed by atoms with Gasteiger partial charge in [0.15, 0.2) is 0 Å². The number of nitriles is 1. The van der Waals surface area contributed by atoms with Crippen LogP contribution in [0.15, 0.2) is 6.20 Å². The van der Waals surface area contributed by atoms with E-state index in [4.69, 9.17) is 5.26 Å². The maximum absolute atomic E-state index is 10.4. The Balaban J connectivity index is 3.39. The average molecular weight is 165 g/mol. The van der Waals surface area contributed by atoms with Crippen LogP contribution in [-0.2, 0) is 7.05 Å². The number of aromatic nitrogens is 1. The van der Waals surface area contributed by atoms with Gasteiger partial charge in [0, 0.05) is 7.05 Å². The van der Waals surface area contributed by atoms with Gasteiger partial charge in [0.25, 0.3) is 5.69 Å². The van der Waals surface area contributed by atoms with Gasteiger partial charge < -0.3 is 4.57 Å². The lowest BCUT2D eigenvalue weighted by Crippen LogP contribution is -1.89. The Morgan fingerprint density at radius 3 is 2.58 bits per heavy atom. The van der Waals surface area contributed by atoms with Crippen molar-refractivity contribution in [3.63, 3.8) is 0 Å². The highest BCUT2D eigenvalue weighted by Crippen LogP contribution is 2.21. The second-order valence-corrected chi connectivity index (χ2v) is 2.47. The Labute approximate surface area is 69.0 Å². The van der Waals surface area contributed by atoms with Crippen molar-refractivity contribution < 1.29 is 4.92 Å². The molecule has 1 heterocycles. The number of nitro groups is 1. The summed E-state index contributed by atoms with van der Waals surface area (Å²) in [6.45, 7) is 1.57. The van der Waals surface area contributed by atoms with E-state index in [1.165, 1.54) is 10.8 Å². The summed E-state index contributed by atoms with van der Waals surface area (Å²) in [6.07, 6.45) is 1.34. The molecule has 5 heteroatoms. The molecule has 0 aromatic carbocycles. The minimum atomic E-state index is -0.490. The molecule has 0 radical (unpaired) electrons. The molecule has 0 aliphatic carbocycles. The van der Waals surface area contributed by atoms with Gasteiger partial charge in [0.05, 0.1) is 16.7 Å². The molecule has 0 bridgehead atoms. The van der Waals surface area contributed by atoms with E-state index in [2.05, 4.69) is 0 Å². The van der Waals surface area contributed by atoms with Crippen molar-refractivity contribution >= 4 is 5.69 Å². The third kappa shape index (κ3) is 1.03. The second-order valence-electron chi connectivity index (χ2n) is 2.47. The van der Waals surface area contributed by atoms with Crippen molar-refractivity contribution in [1.82, 2.24) is 4.57 Å². The van der Waals surface area contributed by atoms with Crippen molar-refractivity contribution in [3.8, 4) is 6.07 Å². The summed E-state index contributed by atoms with van der Waals surface area (Å²) < 4.78 is 1.45. The lowest BCUT2D eigenvalue weighted by atomic mass is 10.2. The van der Waals surface area contributed by atoms with Crippen molar-refractivity contribution in [2.75, 3.05) is 0 Å². The summed E-state index contributed by atoms with van der Waals surface area (Å²) in [4.78, 5) is 9.90. The third-order valence-electron chi connectivity index (χ3n) is 1.71. The van der Waals surface area contributed by atoms with Gasteiger partial charge in [0.2, 0.25) is 0 Å². The van der Waals surface area contributed by atoms with E-state index in [-0.39, 0.29) is 5.69 Å².